The fourth-order valence-electron chi connectivity index (χ4n) is 2.55. The largest absolute Gasteiger partial charge is 0.329 e. The molecule has 0 aliphatic heterocycles. The standard InChI is InChI=1S/C16H28N2/c1-3-8-16(9-4-2)18(13-12-17)14-15-10-6-5-7-11-15/h5-7,10-11,16H,3-4,8-9,12-14,17H2,1-2H3. The number of benzene rings is 1. The molecule has 0 aliphatic rings. The average Bonchev–Trinajstić information content (AvgIpc) is 2.39. The molecular formula is C16H28N2. The first kappa shape index (κ1) is 15.2. The van der Waals surface area contributed by atoms with Crippen LogP contribution in [0.15, 0.2) is 30.3 Å². The third kappa shape index (κ3) is 5.19. The van der Waals surface area contributed by atoms with Gasteiger partial charge in [0.15, 0.2) is 0 Å². The summed E-state index contributed by atoms with van der Waals surface area (Å²) in [5.41, 5.74) is 7.16. The van der Waals surface area contributed by atoms with E-state index in [9.17, 15) is 0 Å². The number of nitrogens with zero attached hydrogens (tertiary/aromatic N) is 1. The van der Waals surface area contributed by atoms with Gasteiger partial charge in [0.25, 0.3) is 0 Å². The SMILES string of the molecule is CCCC(CCC)N(CCN)Cc1ccccc1. The zero-order valence-corrected chi connectivity index (χ0v) is 11.9. The molecular weight excluding hydrogens is 220 g/mol. The van der Waals surface area contributed by atoms with Gasteiger partial charge in [-0.1, -0.05) is 57.0 Å². The smallest absolute Gasteiger partial charge is 0.0237 e. The molecule has 2 nitrogen and oxygen atoms in total. The Labute approximate surface area is 112 Å². The van der Waals surface area contributed by atoms with Crippen molar-refractivity contribution in [3.8, 4) is 0 Å². The zero-order valence-electron chi connectivity index (χ0n) is 11.9. The van der Waals surface area contributed by atoms with Gasteiger partial charge < -0.3 is 5.73 Å². The molecule has 18 heavy (non-hydrogen) atoms. The summed E-state index contributed by atoms with van der Waals surface area (Å²) >= 11 is 0. The molecule has 0 bridgehead atoms. The number of nitrogens with two attached hydrogens (primary N) is 1. The lowest BCUT2D eigenvalue weighted by Crippen LogP contribution is -2.38. The van der Waals surface area contributed by atoms with Crippen LogP contribution in [0.1, 0.15) is 45.1 Å². The molecule has 1 aromatic carbocycles. The molecule has 0 radical (unpaired) electrons. The molecule has 0 spiro atoms. The van der Waals surface area contributed by atoms with Crippen LogP contribution in [-0.2, 0) is 6.54 Å². The molecule has 1 aromatic rings. The Morgan fingerprint density at radius 2 is 1.67 bits per heavy atom. The minimum absolute atomic E-state index is 0.684. The summed E-state index contributed by atoms with van der Waals surface area (Å²) in [7, 11) is 0. The fraction of sp³-hybridized carbons (Fsp3) is 0.625. The maximum Gasteiger partial charge on any atom is 0.0237 e. The molecule has 0 aromatic heterocycles. The lowest BCUT2D eigenvalue weighted by Gasteiger charge is -2.31. The van der Waals surface area contributed by atoms with Gasteiger partial charge in [0.1, 0.15) is 0 Å². The van der Waals surface area contributed by atoms with Gasteiger partial charge in [-0.05, 0) is 18.4 Å². The monoisotopic (exact) mass is 248 g/mol. The van der Waals surface area contributed by atoms with Crippen LogP contribution < -0.4 is 5.73 Å². The predicted octanol–water partition coefficient (Wildman–Crippen LogP) is 3.42. The Bertz CT molecular complexity index is 291. The van der Waals surface area contributed by atoms with Gasteiger partial charge in [0.2, 0.25) is 0 Å². The van der Waals surface area contributed by atoms with E-state index < -0.39 is 0 Å². The van der Waals surface area contributed by atoms with E-state index in [1.807, 2.05) is 0 Å². The zero-order chi connectivity index (χ0) is 13.2. The molecule has 2 heteroatoms. The minimum atomic E-state index is 0.684. The van der Waals surface area contributed by atoms with Gasteiger partial charge in [0, 0.05) is 25.7 Å². The van der Waals surface area contributed by atoms with E-state index in [2.05, 4.69) is 49.1 Å². The summed E-state index contributed by atoms with van der Waals surface area (Å²) in [6, 6.07) is 11.4. The molecule has 0 heterocycles. The van der Waals surface area contributed by atoms with E-state index in [4.69, 9.17) is 5.73 Å². The van der Waals surface area contributed by atoms with Crippen molar-refractivity contribution in [1.82, 2.24) is 4.90 Å². The molecule has 0 amide bonds. The Morgan fingerprint density at radius 1 is 1.06 bits per heavy atom. The summed E-state index contributed by atoms with van der Waals surface area (Å²) in [5.74, 6) is 0. The molecule has 1 rings (SSSR count). The van der Waals surface area contributed by atoms with Crippen molar-refractivity contribution in [1.29, 1.82) is 0 Å². The molecule has 0 atom stereocenters. The van der Waals surface area contributed by atoms with E-state index in [1.165, 1.54) is 31.2 Å². The van der Waals surface area contributed by atoms with Gasteiger partial charge in [-0.2, -0.15) is 0 Å². The maximum absolute atomic E-state index is 5.77. The summed E-state index contributed by atoms with van der Waals surface area (Å²) in [4.78, 5) is 2.56. The Balaban J connectivity index is 2.66. The molecule has 0 aliphatic carbocycles. The highest BCUT2D eigenvalue weighted by Gasteiger charge is 2.16. The Morgan fingerprint density at radius 3 is 2.17 bits per heavy atom. The lowest BCUT2D eigenvalue weighted by molar-refractivity contribution is 0.171. The number of rotatable bonds is 9. The third-order valence-corrected chi connectivity index (χ3v) is 3.40. The molecule has 0 unspecified atom stereocenters. The second-order valence-electron chi connectivity index (χ2n) is 4.98. The normalized spacial score (nSPS) is 11.4. The van der Waals surface area contributed by atoms with Crippen molar-refractivity contribution in [2.45, 2.75) is 52.1 Å². The first-order valence-corrected chi connectivity index (χ1v) is 7.29. The van der Waals surface area contributed by atoms with E-state index >= 15 is 0 Å². The quantitative estimate of drug-likeness (QED) is 0.725. The number of hydrogen-bond donors (Lipinski definition) is 1. The highest BCUT2D eigenvalue weighted by atomic mass is 15.2. The second-order valence-corrected chi connectivity index (χ2v) is 4.98. The van der Waals surface area contributed by atoms with Gasteiger partial charge >= 0.3 is 0 Å². The van der Waals surface area contributed by atoms with Crippen molar-refractivity contribution in [3.63, 3.8) is 0 Å². The fourth-order valence-corrected chi connectivity index (χ4v) is 2.55. The van der Waals surface area contributed by atoms with Crippen molar-refractivity contribution in [2.24, 2.45) is 5.73 Å². The molecule has 0 saturated heterocycles. The van der Waals surface area contributed by atoms with E-state index in [1.54, 1.807) is 0 Å². The predicted molar refractivity (Wildman–Crippen MR) is 79.5 cm³/mol. The van der Waals surface area contributed by atoms with Crippen LogP contribution in [0.2, 0.25) is 0 Å². The van der Waals surface area contributed by atoms with Crippen LogP contribution in [-0.4, -0.2) is 24.0 Å². The van der Waals surface area contributed by atoms with Gasteiger partial charge in [-0.15, -0.1) is 0 Å². The van der Waals surface area contributed by atoms with E-state index in [0.717, 1.165) is 19.6 Å². The lowest BCUT2D eigenvalue weighted by atomic mass is 10.0. The van der Waals surface area contributed by atoms with E-state index in [-0.39, 0.29) is 0 Å². The second kappa shape index (κ2) is 9.12. The van der Waals surface area contributed by atoms with Gasteiger partial charge in [-0.25, -0.2) is 0 Å². The van der Waals surface area contributed by atoms with Gasteiger partial charge in [0.05, 0.1) is 0 Å². The molecule has 2 N–H and O–H groups in total. The first-order valence-electron chi connectivity index (χ1n) is 7.29. The molecule has 0 saturated carbocycles. The topological polar surface area (TPSA) is 29.3 Å². The summed E-state index contributed by atoms with van der Waals surface area (Å²) in [6.07, 6.45) is 5.06. The maximum atomic E-state index is 5.77. The van der Waals surface area contributed by atoms with Crippen LogP contribution >= 0.6 is 0 Å². The summed E-state index contributed by atoms with van der Waals surface area (Å²) in [6.45, 7) is 7.32. The van der Waals surface area contributed by atoms with Crippen LogP contribution in [0, 0.1) is 0 Å². The molecule has 102 valence electrons. The van der Waals surface area contributed by atoms with Crippen molar-refractivity contribution >= 4 is 0 Å². The summed E-state index contributed by atoms with van der Waals surface area (Å²) < 4.78 is 0. The highest BCUT2D eigenvalue weighted by molar-refractivity contribution is 5.14. The summed E-state index contributed by atoms with van der Waals surface area (Å²) in [5, 5.41) is 0. The van der Waals surface area contributed by atoms with Crippen LogP contribution in [0.5, 0.6) is 0 Å². The Hall–Kier alpha value is -0.860. The van der Waals surface area contributed by atoms with E-state index in [0.29, 0.717) is 6.04 Å². The first-order chi connectivity index (χ1) is 8.81. The average molecular weight is 248 g/mol. The third-order valence-electron chi connectivity index (χ3n) is 3.40. The van der Waals surface area contributed by atoms with Crippen molar-refractivity contribution in [2.75, 3.05) is 13.1 Å². The highest BCUT2D eigenvalue weighted by Crippen LogP contribution is 2.16. The minimum Gasteiger partial charge on any atom is -0.329 e. The molecule has 0 fully saturated rings. The van der Waals surface area contributed by atoms with Crippen molar-refractivity contribution < 1.29 is 0 Å². The van der Waals surface area contributed by atoms with Crippen LogP contribution in [0.25, 0.3) is 0 Å². The van der Waals surface area contributed by atoms with Crippen molar-refractivity contribution in [3.05, 3.63) is 35.9 Å². The van der Waals surface area contributed by atoms with Crippen LogP contribution in [0.3, 0.4) is 0 Å². The number of hydrogen-bond acceptors (Lipinski definition) is 2. The van der Waals surface area contributed by atoms with Crippen LogP contribution in [0.4, 0.5) is 0 Å². The Kier molecular flexibility index (Phi) is 7.70. The van der Waals surface area contributed by atoms with Gasteiger partial charge in [-0.3, -0.25) is 4.90 Å².